The Balaban J connectivity index is 3.39. The first kappa shape index (κ1) is 14.6. The average molecular weight is 274 g/mol. The van der Waals surface area contributed by atoms with Gasteiger partial charge in [-0.2, -0.15) is 13.2 Å². The van der Waals surface area contributed by atoms with Crippen LogP contribution in [-0.4, -0.2) is 11.3 Å². The summed E-state index contributed by atoms with van der Waals surface area (Å²) in [5, 5.41) is 0. The van der Waals surface area contributed by atoms with E-state index in [9.17, 15) is 26.3 Å². The fraction of sp³-hybridized carbons (Fsp3) is 0.444. The Morgan fingerprint density at radius 1 is 1.22 bits per heavy atom. The molecule has 0 fully saturated rings. The van der Waals surface area contributed by atoms with Gasteiger partial charge < -0.3 is 10.5 Å². The molecule has 0 radical (unpaired) electrons. The summed E-state index contributed by atoms with van der Waals surface area (Å²) in [5.74, 6) is -1.18. The highest BCUT2D eigenvalue weighted by atomic mass is 19.4. The van der Waals surface area contributed by atoms with Crippen LogP contribution in [-0.2, 0) is 12.7 Å². The summed E-state index contributed by atoms with van der Waals surface area (Å²) in [4.78, 5) is 3.19. The molecule has 18 heavy (non-hydrogen) atoms. The van der Waals surface area contributed by atoms with E-state index in [0.717, 1.165) is 6.92 Å². The van der Waals surface area contributed by atoms with Gasteiger partial charge in [-0.25, -0.2) is 4.98 Å². The highest BCUT2D eigenvalue weighted by Crippen LogP contribution is 2.38. The van der Waals surface area contributed by atoms with Crippen molar-refractivity contribution in [3.8, 4) is 5.88 Å². The van der Waals surface area contributed by atoms with Gasteiger partial charge in [0.25, 0.3) is 0 Å². The average Bonchev–Trinajstić information content (AvgIpc) is 2.16. The number of pyridine rings is 1. The van der Waals surface area contributed by atoms with Crippen molar-refractivity contribution in [1.29, 1.82) is 0 Å². The zero-order chi connectivity index (χ0) is 14.1. The number of aromatic nitrogens is 1. The van der Waals surface area contributed by atoms with Crippen LogP contribution in [0.15, 0.2) is 6.20 Å². The molecule has 102 valence electrons. The number of alkyl halides is 6. The normalized spacial score (nSPS) is 12.7. The van der Waals surface area contributed by atoms with Gasteiger partial charge in [0, 0.05) is 18.3 Å². The molecule has 0 atom stereocenters. The summed E-state index contributed by atoms with van der Waals surface area (Å²) >= 11 is 0. The number of nitrogens with two attached hydrogens (primary N) is 1. The number of halogens is 6. The molecule has 0 saturated carbocycles. The van der Waals surface area contributed by atoms with Crippen LogP contribution in [0.5, 0.6) is 5.88 Å². The molecule has 0 saturated heterocycles. The Morgan fingerprint density at radius 2 is 1.78 bits per heavy atom. The second-order valence-electron chi connectivity index (χ2n) is 3.35. The third-order valence-electron chi connectivity index (χ3n) is 2.03. The maximum absolute atomic E-state index is 12.7. The maximum Gasteiger partial charge on any atom is 0.574 e. The van der Waals surface area contributed by atoms with E-state index in [4.69, 9.17) is 5.73 Å². The minimum Gasteiger partial charge on any atom is -0.388 e. The molecule has 1 aromatic heterocycles. The number of hydrogen-bond acceptors (Lipinski definition) is 3. The molecule has 3 nitrogen and oxygen atoms in total. The third kappa shape index (κ3) is 3.25. The molecular formula is C9H8F6N2O. The van der Waals surface area contributed by atoms with E-state index in [1.807, 2.05) is 0 Å². The van der Waals surface area contributed by atoms with Crippen LogP contribution in [0.1, 0.15) is 16.7 Å². The van der Waals surface area contributed by atoms with E-state index in [1.54, 1.807) is 0 Å². The van der Waals surface area contributed by atoms with Crippen molar-refractivity contribution in [2.75, 3.05) is 0 Å². The summed E-state index contributed by atoms with van der Waals surface area (Å²) in [6, 6.07) is 0. The van der Waals surface area contributed by atoms with Crippen LogP contribution >= 0.6 is 0 Å². The van der Waals surface area contributed by atoms with Gasteiger partial charge in [-0.15, -0.1) is 13.2 Å². The van der Waals surface area contributed by atoms with Gasteiger partial charge in [-0.3, -0.25) is 0 Å². The summed E-state index contributed by atoms with van der Waals surface area (Å²) in [5.41, 5.74) is 2.66. The lowest BCUT2D eigenvalue weighted by Gasteiger charge is -2.18. The van der Waals surface area contributed by atoms with Crippen molar-refractivity contribution in [3.63, 3.8) is 0 Å². The van der Waals surface area contributed by atoms with Crippen molar-refractivity contribution in [3.05, 3.63) is 22.9 Å². The van der Waals surface area contributed by atoms with Crippen LogP contribution in [0.3, 0.4) is 0 Å². The molecule has 0 spiro atoms. The highest BCUT2D eigenvalue weighted by Gasteiger charge is 2.39. The Morgan fingerprint density at radius 3 is 2.17 bits per heavy atom. The molecule has 2 N–H and O–H groups in total. The fourth-order valence-corrected chi connectivity index (χ4v) is 1.42. The number of rotatable bonds is 2. The van der Waals surface area contributed by atoms with Crippen LogP contribution in [0.25, 0.3) is 0 Å². The molecule has 0 aliphatic rings. The minimum absolute atomic E-state index is 0.322. The van der Waals surface area contributed by atoms with Crippen LogP contribution < -0.4 is 10.5 Å². The molecule has 1 rings (SSSR count). The van der Waals surface area contributed by atoms with Crippen molar-refractivity contribution >= 4 is 0 Å². The topological polar surface area (TPSA) is 48.1 Å². The molecule has 9 heteroatoms. The molecular weight excluding hydrogens is 266 g/mol. The Labute approximate surface area is 97.6 Å². The van der Waals surface area contributed by atoms with E-state index in [-0.39, 0.29) is 5.56 Å². The van der Waals surface area contributed by atoms with Gasteiger partial charge in [0.15, 0.2) is 0 Å². The first-order chi connectivity index (χ1) is 8.06. The van der Waals surface area contributed by atoms with Crippen molar-refractivity contribution in [2.45, 2.75) is 26.0 Å². The predicted molar refractivity (Wildman–Crippen MR) is 48.6 cm³/mol. The molecule has 0 aliphatic carbocycles. The number of ether oxygens (including phenoxy) is 1. The first-order valence-electron chi connectivity index (χ1n) is 4.57. The van der Waals surface area contributed by atoms with Crippen LogP contribution in [0.2, 0.25) is 0 Å². The molecule has 1 aromatic rings. The monoisotopic (exact) mass is 274 g/mol. The van der Waals surface area contributed by atoms with E-state index in [0.29, 0.717) is 6.20 Å². The lowest BCUT2D eigenvalue weighted by molar-refractivity contribution is -0.276. The highest BCUT2D eigenvalue weighted by molar-refractivity contribution is 5.41. The zero-order valence-electron chi connectivity index (χ0n) is 8.99. The van der Waals surface area contributed by atoms with E-state index >= 15 is 0 Å². The summed E-state index contributed by atoms with van der Waals surface area (Å²) in [7, 11) is 0. The Bertz CT molecular complexity index is 440. The first-order valence-corrected chi connectivity index (χ1v) is 4.57. The fourth-order valence-electron chi connectivity index (χ4n) is 1.42. The smallest absolute Gasteiger partial charge is 0.388 e. The lowest BCUT2D eigenvalue weighted by atomic mass is 10.0. The molecule has 0 bridgehead atoms. The second-order valence-corrected chi connectivity index (χ2v) is 3.35. The minimum atomic E-state index is -5.13. The van der Waals surface area contributed by atoms with Crippen LogP contribution in [0, 0.1) is 6.92 Å². The molecule has 0 amide bonds. The standard InChI is InChI=1S/C9H8F6N2O/c1-4-3-17-7(18-9(13,14)15)5(2-16)6(4)8(10,11)12/h3H,2,16H2,1H3. The summed E-state index contributed by atoms with van der Waals surface area (Å²) < 4.78 is 77.5. The van der Waals surface area contributed by atoms with Gasteiger partial charge >= 0.3 is 12.5 Å². The molecule has 0 aromatic carbocycles. The molecule has 0 aliphatic heterocycles. The van der Waals surface area contributed by atoms with Crippen LogP contribution in [0.4, 0.5) is 26.3 Å². The maximum atomic E-state index is 12.7. The van der Waals surface area contributed by atoms with Gasteiger partial charge in [-0.1, -0.05) is 0 Å². The Kier molecular flexibility index (Phi) is 3.75. The Hall–Kier alpha value is -1.51. The lowest BCUT2D eigenvalue weighted by Crippen LogP contribution is -2.22. The largest absolute Gasteiger partial charge is 0.574 e. The van der Waals surface area contributed by atoms with E-state index in [2.05, 4.69) is 9.72 Å². The van der Waals surface area contributed by atoms with Crippen molar-refractivity contribution < 1.29 is 31.1 Å². The number of nitrogens with zero attached hydrogens (tertiary/aromatic N) is 1. The van der Waals surface area contributed by atoms with E-state index in [1.165, 1.54) is 0 Å². The summed E-state index contributed by atoms with van der Waals surface area (Å²) in [6.45, 7) is 0.307. The quantitative estimate of drug-likeness (QED) is 0.843. The van der Waals surface area contributed by atoms with Gasteiger partial charge in [0.2, 0.25) is 5.88 Å². The molecule has 1 heterocycles. The van der Waals surface area contributed by atoms with Gasteiger partial charge in [0.05, 0.1) is 5.56 Å². The number of hydrogen-bond donors (Lipinski definition) is 1. The van der Waals surface area contributed by atoms with E-state index < -0.39 is 36.1 Å². The van der Waals surface area contributed by atoms with Crippen molar-refractivity contribution in [2.24, 2.45) is 5.73 Å². The SMILES string of the molecule is Cc1cnc(OC(F)(F)F)c(CN)c1C(F)(F)F. The van der Waals surface area contributed by atoms with Gasteiger partial charge in [0.1, 0.15) is 0 Å². The summed E-state index contributed by atoms with van der Waals surface area (Å²) in [6.07, 6.45) is -9.30. The third-order valence-corrected chi connectivity index (χ3v) is 2.03. The van der Waals surface area contributed by atoms with Crippen molar-refractivity contribution in [1.82, 2.24) is 4.98 Å². The molecule has 0 unspecified atom stereocenters. The second kappa shape index (κ2) is 4.63. The van der Waals surface area contributed by atoms with Gasteiger partial charge in [-0.05, 0) is 12.5 Å². The number of aryl methyl sites for hydroxylation is 1. The predicted octanol–water partition coefficient (Wildman–Crippen LogP) is 2.77. The zero-order valence-corrected chi connectivity index (χ0v) is 8.99.